The van der Waals surface area contributed by atoms with Crippen LogP contribution in [0.1, 0.15) is 26.7 Å². The van der Waals surface area contributed by atoms with Crippen molar-refractivity contribution in [1.29, 1.82) is 0 Å². The van der Waals surface area contributed by atoms with Gasteiger partial charge in [0.1, 0.15) is 0 Å². The van der Waals surface area contributed by atoms with E-state index < -0.39 is 0 Å². The fraction of sp³-hybridized carbons (Fsp3) is 0.474. The molecule has 1 saturated heterocycles. The summed E-state index contributed by atoms with van der Waals surface area (Å²) in [5.41, 5.74) is 1.39. The van der Waals surface area contributed by atoms with Crippen molar-refractivity contribution in [2.45, 2.75) is 32.7 Å². The predicted molar refractivity (Wildman–Crippen MR) is 92.0 cm³/mol. The summed E-state index contributed by atoms with van der Waals surface area (Å²) in [4.78, 5) is 2.58. The molecule has 2 heteroatoms. The van der Waals surface area contributed by atoms with E-state index in [2.05, 4.69) is 66.5 Å². The largest absolute Gasteiger partial charge is 0.369 e. The molecule has 0 aliphatic carbocycles. The van der Waals surface area contributed by atoms with Crippen LogP contribution in [0, 0.1) is 5.92 Å². The molecule has 2 nitrogen and oxygen atoms in total. The molecule has 0 radical (unpaired) electrons. The lowest BCUT2D eigenvalue weighted by Crippen LogP contribution is -2.38. The zero-order valence-corrected chi connectivity index (χ0v) is 13.2. The van der Waals surface area contributed by atoms with Gasteiger partial charge in [-0.2, -0.15) is 0 Å². The average molecular weight is 282 g/mol. The summed E-state index contributed by atoms with van der Waals surface area (Å²) in [6.45, 7) is 8.03. The first-order chi connectivity index (χ1) is 10.2. The molecule has 0 aromatic heterocycles. The summed E-state index contributed by atoms with van der Waals surface area (Å²) >= 11 is 0. The quantitative estimate of drug-likeness (QED) is 0.913. The molecule has 3 rings (SSSR count). The number of rotatable bonds is 3. The monoisotopic (exact) mass is 282 g/mol. The average Bonchev–Trinajstić information content (AvgIpc) is 2.71. The molecule has 2 aromatic carbocycles. The van der Waals surface area contributed by atoms with Gasteiger partial charge in [-0.1, -0.05) is 50.2 Å². The Morgan fingerprint density at radius 3 is 2.81 bits per heavy atom. The maximum Gasteiger partial charge on any atom is 0.0446 e. The van der Waals surface area contributed by atoms with Gasteiger partial charge in [0.05, 0.1) is 0 Å². The summed E-state index contributed by atoms with van der Waals surface area (Å²) in [6.07, 6.45) is 2.47. The summed E-state index contributed by atoms with van der Waals surface area (Å²) in [5, 5.41) is 6.44. The van der Waals surface area contributed by atoms with E-state index in [4.69, 9.17) is 0 Å². The van der Waals surface area contributed by atoms with Gasteiger partial charge in [-0.3, -0.25) is 0 Å². The first kappa shape index (κ1) is 14.4. The highest BCUT2D eigenvalue weighted by atomic mass is 15.2. The number of fused-ring (bicyclic) bond motifs is 1. The van der Waals surface area contributed by atoms with Gasteiger partial charge in [-0.25, -0.2) is 0 Å². The fourth-order valence-corrected chi connectivity index (χ4v) is 3.43. The van der Waals surface area contributed by atoms with Crippen LogP contribution in [0.25, 0.3) is 10.8 Å². The Balaban J connectivity index is 1.89. The second-order valence-electron chi connectivity index (χ2n) is 6.58. The molecule has 1 aliphatic heterocycles. The minimum atomic E-state index is 0.603. The van der Waals surface area contributed by atoms with Crippen molar-refractivity contribution in [1.82, 2.24) is 5.32 Å². The summed E-state index contributed by atoms with van der Waals surface area (Å²) < 4.78 is 0. The Kier molecular flexibility index (Phi) is 4.45. The number of benzene rings is 2. The van der Waals surface area contributed by atoms with Gasteiger partial charge in [0.2, 0.25) is 0 Å². The van der Waals surface area contributed by atoms with Gasteiger partial charge < -0.3 is 10.2 Å². The van der Waals surface area contributed by atoms with Crippen molar-refractivity contribution in [2.24, 2.45) is 5.92 Å². The lowest BCUT2D eigenvalue weighted by Gasteiger charge is -2.28. The SMILES string of the molecule is CC(C)CC1CN(c2cccc3ccccc23)CCCN1. The van der Waals surface area contributed by atoms with Gasteiger partial charge >= 0.3 is 0 Å². The maximum atomic E-state index is 3.72. The number of nitrogens with one attached hydrogen (secondary N) is 1. The molecule has 2 aromatic rings. The zero-order valence-electron chi connectivity index (χ0n) is 13.2. The smallest absolute Gasteiger partial charge is 0.0446 e. The predicted octanol–water partition coefficient (Wildman–Crippen LogP) is 4.05. The number of nitrogens with zero attached hydrogens (tertiary/aromatic N) is 1. The number of hydrogen-bond donors (Lipinski definition) is 1. The van der Waals surface area contributed by atoms with Crippen molar-refractivity contribution >= 4 is 16.5 Å². The Morgan fingerprint density at radius 2 is 1.95 bits per heavy atom. The van der Waals surface area contributed by atoms with Gasteiger partial charge in [-0.05, 0) is 36.8 Å². The maximum absolute atomic E-state index is 3.72. The highest BCUT2D eigenvalue weighted by Gasteiger charge is 2.19. The fourth-order valence-electron chi connectivity index (χ4n) is 3.43. The summed E-state index contributed by atoms with van der Waals surface area (Å²) in [6, 6.07) is 16.0. The van der Waals surface area contributed by atoms with Gasteiger partial charge in [0, 0.05) is 30.2 Å². The van der Waals surface area contributed by atoms with Crippen LogP contribution in [0.5, 0.6) is 0 Å². The molecule has 1 unspecified atom stereocenters. The van der Waals surface area contributed by atoms with E-state index in [1.807, 2.05) is 0 Å². The highest BCUT2D eigenvalue weighted by Crippen LogP contribution is 2.28. The molecule has 0 bridgehead atoms. The Morgan fingerprint density at radius 1 is 1.14 bits per heavy atom. The minimum Gasteiger partial charge on any atom is -0.369 e. The van der Waals surface area contributed by atoms with Crippen LogP contribution in [0.2, 0.25) is 0 Å². The minimum absolute atomic E-state index is 0.603. The molecular weight excluding hydrogens is 256 g/mol. The van der Waals surface area contributed by atoms with E-state index in [0.29, 0.717) is 6.04 Å². The standard InChI is InChI=1S/C19H26N2/c1-15(2)13-17-14-21(12-6-11-20-17)19-10-5-8-16-7-3-4-9-18(16)19/h3-5,7-10,15,17,20H,6,11-14H2,1-2H3. The van der Waals surface area contributed by atoms with Crippen LogP contribution >= 0.6 is 0 Å². The third kappa shape index (κ3) is 3.38. The number of hydrogen-bond acceptors (Lipinski definition) is 2. The van der Waals surface area contributed by atoms with Crippen molar-refractivity contribution in [3.63, 3.8) is 0 Å². The Labute approximate surface area is 128 Å². The van der Waals surface area contributed by atoms with Crippen molar-refractivity contribution in [3.8, 4) is 0 Å². The van der Waals surface area contributed by atoms with Crippen molar-refractivity contribution in [2.75, 3.05) is 24.5 Å². The van der Waals surface area contributed by atoms with E-state index in [-0.39, 0.29) is 0 Å². The van der Waals surface area contributed by atoms with Crippen LogP contribution in [0.15, 0.2) is 42.5 Å². The topological polar surface area (TPSA) is 15.3 Å². The van der Waals surface area contributed by atoms with Gasteiger partial charge in [0.25, 0.3) is 0 Å². The van der Waals surface area contributed by atoms with Gasteiger partial charge in [0.15, 0.2) is 0 Å². The molecule has 112 valence electrons. The van der Waals surface area contributed by atoms with Gasteiger partial charge in [-0.15, -0.1) is 0 Å². The lowest BCUT2D eigenvalue weighted by molar-refractivity contribution is 0.436. The van der Waals surface area contributed by atoms with Crippen LogP contribution < -0.4 is 10.2 Å². The first-order valence-electron chi connectivity index (χ1n) is 8.20. The van der Waals surface area contributed by atoms with Crippen molar-refractivity contribution < 1.29 is 0 Å². The Hall–Kier alpha value is -1.54. The van der Waals surface area contributed by atoms with Crippen LogP contribution in [-0.2, 0) is 0 Å². The third-order valence-electron chi connectivity index (χ3n) is 4.34. The first-order valence-corrected chi connectivity index (χ1v) is 8.20. The normalized spacial score (nSPS) is 20.0. The van der Waals surface area contributed by atoms with Crippen molar-refractivity contribution in [3.05, 3.63) is 42.5 Å². The highest BCUT2D eigenvalue weighted by molar-refractivity contribution is 5.94. The number of anilines is 1. The lowest BCUT2D eigenvalue weighted by atomic mass is 10.0. The van der Waals surface area contributed by atoms with Crippen LogP contribution in [0.3, 0.4) is 0 Å². The van der Waals surface area contributed by atoms with E-state index >= 15 is 0 Å². The zero-order chi connectivity index (χ0) is 14.7. The second kappa shape index (κ2) is 6.48. The van der Waals surface area contributed by atoms with E-state index in [9.17, 15) is 0 Å². The van der Waals surface area contributed by atoms with E-state index in [1.54, 1.807) is 0 Å². The molecule has 0 spiro atoms. The van der Waals surface area contributed by atoms with E-state index in [1.165, 1.54) is 29.3 Å². The summed E-state index contributed by atoms with van der Waals surface area (Å²) in [5.74, 6) is 0.745. The van der Waals surface area contributed by atoms with Crippen LogP contribution in [-0.4, -0.2) is 25.7 Å². The molecule has 1 N–H and O–H groups in total. The molecule has 0 amide bonds. The molecule has 1 fully saturated rings. The Bertz CT molecular complexity index is 586. The molecule has 21 heavy (non-hydrogen) atoms. The third-order valence-corrected chi connectivity index (χ3v) is 4.34. The summed E-state index contributed by atoms with van der Waals surface area (Å²) in [7, 11) is 0. The van der Waals surface area contributed by atoms with E-state index in [0.717, 1.165) is 25.6 Å². The van der Waals surface area contributed by atoms with Crippen LogP contribution in [0.4, 0.5) is 5.69 Å². The second-order valence-corrected chi connectivity index (χ2v) is 6.58. The molecule has 0 saturated carbocycles. The molecule has 1 heterocycles. The molecular formula is C19H26N2. The molecule has 1 atom stereocenters. The molecule has 1 aliphatic rings.